The van der Waals surface area contributed by atoms with E-state index in [0.717, 1.165) is 73.2 Å². The minimum absolute atomic E-state index is 0.146. The number of amidine groups is 1. The third kappa shape index (κ3) is 5.07. The smallest absolute Gasteiger partial charge is 0.160 e. The molecule has 0 amide bonds. The molecule has 1 aliphatic heterocycles. The number of fused-ring (bicyclic) bond motifs is 10. The standard InChI is InChI=1S/C53H35N3OS/c1-32-26-28-43(39-22-13-21-38-37-19-9-12-25-48(37)58-52(38)39)54-53(55-50(32)33-14-3-2-4-15-33)41-27-29-45(51-49(41)40-20-8-11-24-47(40)57-51)56-44-23-10-7-18-36(44)42-30-34-16-5-6-17-35(34)31-46(42)56/h2-25,27-32H,26H2,1H3/b43-28+,54-53?,55-50?. The summed E-state index contributed by atoms with van der Waals surface area (Å²) in [7, 11) is 0. The van der Waals surface area contributed by atoms with Gasteiger partial charge >= 0.3 is 0 Å². The summed E-state index contributed by atoms with van der Waals surface area (Å²) in [6, 6.07) is 60.6. The van der Waals surface area contributed by atoms with Gasteiger partial charge in [-0.3, -0.25) is 0 Å². The Morgan fingerprint density at radius 2 is 1.31 bits per heavy atom. The molecule has 5 heteroatoms. The van der Waals surface area contributed by atoms with Gasteiger partial charge in [0.1, 0.15) is 5.58 Å². The van der Waals surface area contributed by atoms with Gasteiger partial charge in [-0.2, -0.15) is 0 Å². The SMILES string of the molecule is CC1C/C=C(\c2cccc3c2sc2ccccc23)N=C(c2ccc(-n3c4ccccc4c4cc5ccccc5cc43)c3oc4ccccc4c23)N=C1c1ccccc1. The zero-order valence-electron chi connectivity index (χ0n) is 31.7. The van der Waals surface area contributed by atoms with Gasteiger partial charge < -0.3 is 8.98 Å². The van der Waals surface area contributed by atoms with Crippen LogP contribution < -0.4 is 0 Å². The number of rotatable bonds is 4. The number of furan rings is 1. The summed E-state index contributed by atoms with van der Waals surface area (Å²) in [6.07, 6.45) is 3.13. The molecule has 0 radical (unpaired) electrons. The van der Waals surface area contributed by atoms with E-state index in [2.05, 4.69) is 181 Å². The van der Waals surface area contributed by atoms with E-state index in [1.165, 1.54) is 41.7 Å². The van der Waals surface area contributed by atoms with E-state index in [-0.39, 0.29) is 5.92 Å². The fourth-order valence-electron chi connectivity index (χ4n) is 9.10. The van der Waals surface area contributed by atoms with E-state index >= 15 is 0 Å². The molecule has 4 heterocycles. The summed E-state index contributed by atoms with van der Waals surface area (Å²) < 4.78 is 11.9. The highest BCUT2D eigenvalue weighted by atomic mass is 32.1. The number of thiophene rings is 1. The number of allylic oxidation sites excluding steroid dienone is 1. The van der Waals surface area contributed by atoms with Crippen LogP contribution in [0.5, 0.6) is 0 Å². The van der Waals surface area contributed by atoms with Crippen molar-refractivity contribution >= 4 is 103 Å². The minimum Gasteiger partial charge on any atom is -0.454 e. The Morgan fingerprint density at radius 3 is 2.19 bits per heavy atom. The Morgan fingerprint density at radius 1 is 0.586 bits per heavy atom. The molecule has 0 saturated heterocycles. The van der Waals surface area contributed by atoms with Gasteiger partial charge in [0.2, 0.25) is 0 Å². The molecule has 1 aliphatic rings. The van der Waals surface area contributed by atoms with E-state index in [9.17, 15) is 0 Å². The lowest BCUT2D eigenvalue weighted by atomic mass is 9.93. The quantitative estimate of drug-likeness (QED) is 0.176. The number of hydrogen-bond acceptors (Lipinski definition) is 4. The first-order valence-corrected chi connectivity index (χ1v) is 20.7. The number of benzene rings is 8. The fourth-order valence-corrected chi connectivity index (χ4v) is 10.3. The van der Waals surface area contributed by atoms with E-state index in [1.54, 1.807) is 0 Å². The molecule has 1 atom stereocenters. The lowest BCUT2D eigenvalue weighted by molar-refractivity contribution is 0.666. The lowest BCUT2D eigenvalue weighted by Crippen LogP contribution is -2.17. The van der Waals surface area contributed by atoms with Gasteiger partial charge in [0.25, 0.3) is 0 Å². The van der Waals surface area contributed by atoms with Crippen molar-refractivity contribution < 1.29 is 4.42 Å². The van der Waals surface area contributed by atoms with Gasteiger partial charge in [0.15, 0.2) is 11.4 Å². The molecule has 58 heavy (non-hydrogen) atoms. The first-order chi connectivity index (χ1) is 28.7. The molecule has 12 rings (SSSR count). The van der Waals surface area contributed by atoms with E-state index < -0.39 is 0 Å². The Bertz CT molecular complexity index is 3560. The normalized spacial score (nSPS) is 15.9. The van der Waals surface area contributed by atoms with Crippen molar-refractivity contribution in [3.63, 3.8) is 0 Å². The van der Waals surface area contributed by atoms with E-state index in [1.807, 2.05) is 17.4 Å². The van der Waals surface area contributed by atoms with Gasteiger partial charge in [-0.15, -0.1) is 11.3 Å². The molecular weight excluding hydrogens is 727 g/mol. The second-order valence-corrected chi connectivity index (χ2v) is 16.4. The number of para-hydroxylation sites is 2. The maximum atomic E-state index is 6.98. The molecule has 0 aliphatic carbocycles. The van der Waals surface area contributed by atoms with Gasteiger partial charge in [-0.05, 0) is 65.2 Å². The molecule has 0 fully saturated rings. The van der Waals surface area contributed by atoms with Crippen LogP contribution in [0.2, 0.25) is 0 Å². The molecule has 0 spiro atoms. The molecular formula is C53H35N3OS. The van der Waals surface area contributed by atoms with Crippen molar-refractivity contribution in [3.05, 3.63) is 193 Å². The highest BCUT2D eigenvalue weighted by Gasteiger charge is 2.25. The van der Waals surface area contributed by atoms with Crippen molar-refractivity contribution in [3.8, 4) is 5.69 Å². The van der Waals surface area contributed by atoms with Crippen LogP contribution in [0.4, 0.5) is 0 Å². The Kier molecular flexibility index (Phi) is 7.41. The molecule has 8 aromatic carbocycles. The van der Waals surface area contributed by atoms with Crippen LogP contribution in [0.1, 0.15) is 30.0 Å². The topological polar surface area (TPSA) is 42.8 Å². The third-order valence-electron chi connectivity index (χ3n) is 11.9. The van der Waals surface area contributed by atoms with Gasteiger partial charge in [0, 0.05) is 58.8 Å². The van der Waals surface area contributed by atoms with Crippen LogP contribution in [0.15, 0.2) is 190 Å². The molecule has 0 N–H and O–H groups in total. The molecule has 274 valence electrons. The van der Waals surface area contributed by atoms with Crippen LogP contribution in [0.25, 0.3) is 86.1 Å². The summed E-state index contributed by atoms with van der Waals surface area (Å²) in [6.45, 7) is 2.28. The largest absolute Gasteiger partial charge is 0.454 e. The maximum absolute atomic E-state index is 6.98. The van der Waals surface area contributed by atoms with Gasteiger partial charge in [-0.1, -0.05) is 140 Å². The first kappa shape index (κ1) is 33.1. The van der Waals surface area contributed by atoms with Crippen molar-refractivity contribution in [2.24, 2.45) is 15.9 Å². The molecule has 11 aromatic rings. The van der Waals surface area contributed by atoms with Crippen LogP contribution >= 0.6 is 11.3 Å². The molecule has 4 nitrogen and oxygen atoms in total. The van der Waals surface area contributed by atoms with Crippen molar-refractivity contribution in [1.29, 1.82) is 0 Å². The highest BCUT2D eigenvalue weighted by Crippen LogP contribution is 2.43. The number of aliphatic imine (C=N–C) groups is 2. The van der Waals surface area contributed by atoms with Crippen LogP contribution in [-0.4, -0.2) is 16.1 Å². The summed E-state index contributed by atoms with van der Waals surface area (Å²) in [5.41, 5.74) is 10.0. The number of hydrogen-bond donors (Lipinski definition) is 0. The van der Waals surface area contributed by atoms with Gasteiger partial charge in [0.05, 0.1) is 28.1 Å². The van der Waals surface area contributed by atoms with Crippen LogP contribution in [0.3, 0.4) is 0 Å². The maximum Gasteiger partial charge on any atom is 0.160 e. The molecule has 3 aromatic heterocycles. The second kappa shape index (κ2) is 13.0. The van der Waals surface area contributed by atoms with Crippen molar-refractivity contribution in [1.82, 2.24) is 4.57 Å². The van der Waals surface area contributed by atoms with Crippen LogP contribution in [-0.2, 0) is 0 Å². The molecule has 0 bridgehead atoms. The molecule has 1 unspecified atom stereocenters. The summed E-state index contributed by atoms with van der Waals surface area (Å²) in [5.74, 6) is 0.818. The minimum atomic E-state index is 0.146. The second-order valence-electron chi connectivity index (χ2n) is 15.3. The van der Waals surface area contributed by atoms with E-state index in [0.29, 0.717) is 5.84 Å². The average Bonchev–Trinajstić information content (AvgIpc) is 3.95. The van der Waals surface area contributed by atoms with Gasteiger partial charge in [-0.25, -0.2) is 9.98 Å². The summed E-state index contributed by atoms with van der Waals surface area (Å²) >= 11 is 1.83. The predicted octanol–water partition coefficient (Wildman–Crippen LogP) is 14.5. The first-order valence-electron chi connectivity index (χ1n) is 19.9. The Hall–Kier alpha value is -7.08. The van der Waals surface area contributed by atoms with Crippen molar-refractivity contribution in [2.75, 3.05) is 0 Å². The zero-order chi connectivity index (χ0) is 38.3. The average molecular weight is 762 g/mol. The van der Waals surface area contributed by atoms with Crippen molar-refractivity contribution in [2.45, 2.75) is 13.3 Å². The number of nitrogens with zero attached hydrogens (tertiary/aromatic N) is 3. The predicted molar refractivity (Wildman–Crippen MR) is 246 cm³/mol. The highest BCUT2D eigenvalue weighted by molar-refractivity contribution is 7.26. The Labute approximate surface area is 338 Å². The zero-order valence-corrected chi connectivity index (χ0v) is 32.5. The summed E-state index contributed by atoms with van der Waals surface area (Å²) in [4.78, 5) is 11.2. The lowest BCUT2D eigenvalue weighted by Gasteiger charge is -2.19. The monoisotopic (exact) mass is 761 g/mol. The third-order valence-corrected chi connectivity index (χ3v) is 13.1. The Balaban J connectivity index is 1.16. The van der Waals surface area contributed by atoms with E-state index in [4.69, 9.17) is 14.4 Å². The summed E-state index contributed by atoms with van der Waals surface area (Å²) in [5, 5.41) is 9.41. The van der Waals surface area contributed by atoms with Crippen LogP contribution in [0, 0.1) is 5.92 Å². The molecule has 0 saturated carbocycles. The fraction of sp³-hybridized carbons (Fsp3) is 0.0566. The number of aromatic nitrogens is 1.